The summed E-state index contributed by atoms with van der Waals surface area (Å²) in [6, 6.07) is 13.9. The number of phenols is 1. The predicted octanol–water partition coefficient (Wildman–Crippen LogP) is -2.30. The largest absolute Gasteiger partial charge is 1.00 e. The average Bonchev–Trinajstić information content (AvgIpc) is 2.51. The van der Waals surface area contributed by atoms with Gasteiger partial charge in [0.15, 0.2) is 0 Å². The van der Waals surface area contributed by atoms with Crippen molar-refractivity contribution in [2.45, 2.75) is 12.5 Å². The van der Waals surface area contributed by atoms with Gasteiger partial charge in [-0.05, 0) is 29.3 Å². The monoisotopic (exact) mass is 345 g/mol. The van der Waals surface area contributed by atoms with Gasteiger partial charge in [-0.2, -0.15) is 0 Å². The van der Waals surface area contributed by atoms with E-state index in [0.717, 1.165) is 11.1 Å². The SMILES string of the molecule is NC(CO)C(=O)[O-].Oc1ccc(Cl)cc1Cc1ccccc1.[Na+]. The first-order valence-corrected chi connectivity index (χ1v) is 6.90. The Bertz CT molecular complexity index is 610. The minimum absolute atomic E-state index is 0. The molecule has 0 aliphatic heterocycles. The number of nitrogens with two attached hydrogens (primary N) is 1. The molecule has 0 radical (unpaired) electrons. The molecular weight excluding hydrogens is 329 g/mol. The summed E-state index contributed by atoms with van der Waals surface area (Å²) in [5, 5.41) is 27.8. The number of benzene rings is 2. The molecule has 0 aliphatic carbocycles. The number of aliphatic hydroxyl groups excluding tert-OH is 1. The molecule has 118 valence electrons. The third-order valence-electron chi connectivity index (χ3n) is 2.78. The van der Waals surface area contributed by atoms with E-state index in [9.17, 15) is 15.0 Å². The number of rotatable bonds is 4. The first-order chi connectivity index (χ1) is 10.4. The maximum Gasteiger partial charge on any atom is 1.00 e. The summed E-state index contributed by atoms with van der Waals surface area (Å²) >= 11 is 5.87. The molecule has 0 spiro atoms. The minimum Gasteiger partial charge on any atom is -0.548 e. The van der Waals surface area contributed by atoms with Crippen molar-refractivity contribution >= 4 is 17.6 Å². The molecule has 0 aromatic heterocycles. The van der Waals surface area contributed by atoms with Gasteiger partial charge in [-0.25, -0.2) is 0 Å². The van der Waals surface area contributed by atoms with Crippen molar-refractivity contribution in [1.82, 2.24) is 0 Å². The van der Waals surface area contributed by atoms with Crippen LogP contribution in [0.5, 0.6) is 5.75 Å². The molecule has 7 heteroatoms. The summed E-state index contributed by atoms with van der Waals surface area (Å²) in [5.41, 5.74) is 6.72. The molecular formula is C16H17ClNNaO4. The van der Waals surface area contributed by atoms with Gasteiger partial charge in [0.2, 0.25) is 0 Å². The van der Waals surface area contributed by atoms with E-state index in [1.54, 1.807) is 18.2 Å². The Morgan fingerprint density at radius 3 is 2.30 bits per heavy atom. The molecule has 0 amide bonds. The van der Waals surface area contributed by atoms with Crippen LogP contribution in [0.2, 0.25) is 5.02 Å². The fourth-order valence-electron chi connectivity index (χ4n) is 1.59. The van der Waals surface area contributed by atoms with Crippen LogP contribution < -0.4 is 40.4 Å². The van der Waals surface area contributed by atoms with Gasteiger partial charge in [0.05, 0.1) is 18.6 Å². The van der Waals surface area contributed by atoms with E-state index in [-0.39, 0.29) is 29.6 Å². The number of aliphatic carboxylic acids is 1. The molecule has 1 unspecified atom stereocenters. The molecule has 0 fully saturated rings. The number of carbonyl (C=O) groups is 1. The van der Waals surface area contributed by atoms with Gasteiger partial charge in [-0.15, -0.1) is 0 Å². The summed E-state index contributed by atoms with van der Waals surface area (Å²) in [6.45, 7) is -0.567. The number of carboxylic acid groups (broad SMARTS) is 1. The molecule has 4 N–H and O–H groups in total. The second kappa shape index (κ2) is 11.5. The van der Waals surface area contributed by atoms with Crippen molar-refractivity contribution in [2.24, 2.45) is 5.73 Å². The molecule has 0 saturated heterocycles. The zero-order valence-corrected chi connectivity index (χ0v) is 15.5. The average molecular weight is 346 g/mol. The van der Waals surface area contributed by atoms with Gasteiger partial charge in [0, 0.05) is 11.4 Å². The first kappa shape index (κ1) is 21.9. The number of carbonyl (C=O) groups excluding carboxylic acids is 1. The third-order valence-corrected chi connectivity index (χ3v) is 3.01. The van der Waals surface area contributed by atoms with Gasteiger partial charge in [-0.1, -0.05) is 41.9 Å². The van der Waals surface area contributed by atoms with Gasteiger partial charge < -0.3 is 25.8 Å². The van der Waals surface area contributed by atoms with Crippen LogP contribution in [-0.2, 0) is 11.2 Å². The molecule has 0 bridgehead atoms. The summed E-state index contributed by atoms with van der Waals surface area (Å²) < 4.78 is 0. The molecule has 0 aliphatic rings. The first-order valence-electron chi connectivity index (χ1n) is 6.52. The zero-order valence-electron chi connectivity index (χ0n) is 12.8. The standard InChI is InChI=1S/C13H11ClO.C3H7NO3.Na/c14-12-6-7-13(15)11(9-12)8-10-4-2-1-3-5-10;4-2(1-5)3(6)7;/h1-7,9,15H,8H2;2,5H,1,4H2,(H,6,7);/q;;+1/p-1. The van der Waals surface area contributed by atoms with Gasteiger partial charge in [0.1, 0.15) is 5.75 Å². The van der Waals surface area contributed by atoms with Crippen LogP contribution in [0.25, 0.3) is 0 Å². The Morgan fingerprint density at radius 2 is 1.83 bits per heavy atom. The molecule has 2 aromatic carbocycles. The van der Waals surface area contributed by atoms with Crippen molar-refractivity contribution < 1.29 is 49.7 Å². The number of hydrogen-bond acceptors (Lipinski definition) is 5. The summed E-state index contributed by atoms with van der Waals surface area (Å²) in [7, 11) is 0. The molecule has 2 rings (SSSR count). The molecule has 0 saturated carbocycles. The fraction of sp³-hybridized carbons (Fsp3) is 0.188. The van der Waals surface area contributed by atoms with Crippen LogP contribution in [0.4, 0.5) is 0 Å². The Kier molecular flexibility index (Phi) is 10.9. The Morgan fingerprint density at radius 1 is 1.22 bits per heavy atom. The Balaban J connectivity index is 0.000000522. The van der Waals surface area contributed by atoms with Crippen molar-refractivity contribution in [3.05, 3.63) is 64.7 Å². The van der Waals surface area contributed by atoms with Crippen LogP contribution >= 0.6 is 11.6 Å². The summed E-state index contributed by atoms with van der Waals surface area (Å²) in [5.74, 6) is -1.13. The van der Waals surface area contributed by atoms with Crippen LogP contribution in [-0.4, -0.2) is 28.8 Å². The Labute approximate surface area is 162 Å². The van der Waals surface area contributed by atoms with Gasteiger partial charge >= 0.3 is 29.6 Å². The fourth-order valence-corrected chi connectivity index (χ4v) is 1.78. The summed E-state index contributed by atoms with van der Waals surface area (Å²) in [6.07, 6.45) is 0.702. The molecule has 0 heterocycles. The smallest absolute Gasteiger partial charge is 0.548 e. The number of carboxylic acids is 1. The normalized spacial score (nSPS) is 10.7. The number of halogens is 1. The number of phenolic OH excluding ortho intramolecular Hbond substituents is 1. The summed E-state index contributed by atoms with van der Waals surface area (Å²) in [4.78, 5) is 9.53. The van der Waals surface area contributed by atoms with Gasteiger partial charge in [0.25, 0.3) is 0 Å². The molecule has 2 aromatic rings. The van der Waals surface area contributed by atoms with Crippen LogP contribution in [0, 0.1) is 0 Å². The molecule has 23 heavy (non-hydrogen) atoms. The van der Waals surface area contributed by atoms with Crippen LogP contribution in [0.3, 0.4) is 0 Å². The van der Waals surface area contributed by atoms with Crippen molar-refractivity contribution in [2.75, 3.05) is 6.61 Å². The maximum absolute atomic E-state index is 9.64. The minimum atomic E-state index is -1.43. The maximum atomic E-state index is 9.64. The van der Waals surface area contributed by atoms with E-state index >= 15 is 0 Å². The number of aromatic hydroxyl groups is 1. The predicted molar refractivity (Wildman–Crippen MR) is 82.4 cm³/mol. The van der Waals surface area contributed by atoms with Crippen molar-refractivity contribution in [1.29, 1.82) is 0 Å². The Hall–Kier alpha value is -1.08. The van der Waals surface area contributed by atoms with Crippen molar-refractivity contribution in [3.63, 3.8) is 0 Å². The molecule has 1 atom stereocenters. The second-order valence-electron chi connectivity index (χ2n) is 4.54. The van der Waals surface area contributed by atoms with E-state index in [1.807, 2.05) is 30.3 Å². The van der Waals surface area contributed by atoms with E-state index in [0.29, 0.717) is 17.2 Å². The van der Waals surface area contributed by atoms with Crippen LogP contribution in [0.1, 0.15) is 11.1 Å². The van der Waals surface area contributed by atoms with E-state index in [2.05, 4.69) is 0 Å². The quantitative estimate of drug-likeness (QED) is 0.540. The number of hydrogen-bond donors (Lipinski definition) is 3. The zero-order chi connectivity index (χ0) is 16.5. The van der Waals surface area contributed by atoms with E-state index in [1.165, 1.54) is 0 Å². The number of aliphatic hydroxyl groups is 1. The van der Waals surface area contributed by atoms with E-state index in [4.69, 9.17) is 22.4 Å². The van der Waals surface area contributed by atoms with E-state index < -0.39 is 18.6 Å². The topological polar surface area (TPSA) is 107 Å². The molecule has 5 nitrogen and oxygen atoms in total. The second-order valence-corrected chi connectivity index (χ2v) is 4.98. The van der Waals surface area contributed by atoms with Crippen LogP contribution in [0.15, 0.2) is 48.5 Å². The third kappa shape index (κ3) is 8.37. The van der Waals surface area contributed by atoms with Crippen molar-refractivity contribution in [3.8, 4) is 5.75 Å². The van der Waals surface area contributed by atoms with Gasteiger partial charge in [-0.3, -0.25) is 0 Å².